The molecule has 1 heterocycles. The molecule has 0 N–H and O–H groups in total. The minimum Gasteiger partial charge on any atom is -0.503 e. The van der Waals surface area contributed by atoms with Crippen LogP contribution in [-0.4, -0.2) is 25.2 Å². The molecule has 0 amide bonds. The van der Waals surface area contributed by atoms with Crippen LogP contribution in [0.4, 0.5) is 0 Å². The highest BCUT2D eigenvalue weighted by molar-refractivity contribution is 6.16. The molecule has 5 heteroatoms. The predicted molar refractivity (Wildman–Crippen MR) is 104 cm³/mol. The molecule has 2 aromatic carbocycles. The lowest BCUT2D eigenvalue weighted by Gasteiger charge is -2.14. The number of aromatic nitrogens is 1. The molecule has 3 rings (SSSR count). The van der Waals surface area contributed by atoms with Crippen LogP contribution >= 0.6 is 0 Å². The van der Waals surface area contributed by atoms with Crippen molar-refractivity contribution in [3.63, 3.8) is 0 Å². The number of pyridine rings is 1. The normalized spacial score (nSPS) is 11.3. The maximum atomic E-state index is 12.1. The van der Waals surface area contributed by atoms with Gasteiger partial charge in [0.15, 0.2) is 0 Å². The molecule has 0 aliphatic heterocycles. The number of carbonyl (C=O) groups is 1. The fraction of sp³-hybridized carbons (Fsp3) is 0.182. The number of fused-ring (bicyclic) bond motifs is 1. The van der Waals surface area contributed by atoms with Gasteiger partial charge in [-0.25, -0.2) is 4.79 Å². The second-order valence-electron chi connectivity index (χ2n) is 5.98. The van der Waals surface area contributed by atoms with Gasteiger partial charge in [-0.1, -0.05) is 36.4 Å². The summed E-state index contributed by atoms with van der Waals surface area (Å²) in [7, 11) is 2.84. The molecule has 5 nitrogen and oxygen atoms in total. The maximum Gasteiger partial charge on any atom is 0.341 e. The predicted octanol–water partition coefficient (Wildman–Crippen LogP) is 4.28. The van der Waals surface area contributed by atoms with Crippen molar-refractivity contribution in [2.24, 2.45) is 0 Å². The molecule has 0 fully saturated rings. The van der Waals surface area contributed by atoms with Crippen molar-refractivity contribution >= 4 is 22.4 Å². The first-order valence-corrected chi connectivity index (χ1v) is 8.52. The number of para-hydroxylation sites is 1. The Labute approximate surface area is 158 Å². The van der Waals surface area contributed by atoms with Crippen LogP contribution in [0.2, 0.25) is 0 Å². The van der Waals surface area contributed by atoms with Gasteiger partial charge in [0.25, 0.3) is 0 Å². The summed E-state index contributed by atoms with van der Waals surface area (Å²) >= 11 is 0. The van der Waals surface area contributed by atoms with E-state index in [1.807, 2.05) is 55.5 Å². The van der Waals surface area contributed by atoms with Crippen molar-refractivity contribution in [3.05, 3.63) is 77.7 Å². The average molecular weight is 363 g/mol. The Hall–Kier alpha value is -3.34. The van der Waals surface area contributed by atoms with Crippen LogP contribution in [-0.2, 0) is 20.9 Å². The van der Waals surface area contributed by atoms with Gasteiger partial charge in [-0.15, -0.1) is 0 Å². The van der Waals surface area contributed by atoms with Gasteiger partial charge in [0.2, 0.25) is 0 Å². The molecule has 3 aromatic rings. The van der Waals surface area contributed by atoms with E-state index in [1.165, 1.54) is 20.5 Å². The number of methoxy groups -OCH3 is 2. The van der Waals surface area contributed by atoms with Crippen molar-refractivity contribution in [2.75, 3.05) is 14.2 Å². The van der Waals surface area contributed by atoms with E-state index >= 15 is 0 Å². The molecule has 0 aliphatic carbocycles. The molecular weight excluding hydrogens is 342 g/mol. The number of carbonyl (C=O) groups excluding carboxylic acids is 1. The first-order chi connectivity index (χ1) is 13.2. The lowest BCUT2D eigenvalue weighted by atomic mass is 10.0. The second kappa shape index (κ2) is 8.36. The maximum absolute atomic E-state index is 12.1. The highest BCUT2D eigenvalue weighted by Crippen LogP contribution is 2.28. The Kier molecular flexibility index (Phi) is 5.71. The minimum absolute atomic E-state index is 0.293. The van der Waals surface area contributed by atoms with Crippen molar-refractivity contribution in [1.82, 2.24) is 4.98 Å². The Bertz CT molecular complexity index is 995. The van der Waals surface area contributed by atoms with Gasteiger partial charge in [-0.05, 0) is 35.7 Å². The summed E-state index contributed by atoms with van der Waals surface area (Å²) in [6.07, 6.45) is 3.12. The Morgan fingerprint density at radius 1 is 1.07 bits per heavy atom. The molecular formula is C22H21NO4. The summed E-state index contributed by atoms with van der Waals surface area (Å²) in [6.45, 7) is 2.31. The number of benzene rings is 2. The summed E-state index contributed by atoms with van der Waals surface area (Å²) in [5, 5.41) is 0.954. The Morgan fingerprint density at radius 3 is 2.67 bits per heavy atom. The number of rotatable bonds is 6. The smallest absolute Gasteiger partial charge is 0.341 e. The van der Waals surface area contributed by atoms with Crippen LogP contribution in [0.15, 0.2) is 61.0 Å². The number of aryl methyl sites for hydroxylation is 1. The summed E-state index contributed by atoms with van der Waals surface area (Å²) in [4.78, 5) is 16.6. The van der Waals surface area contributed by atoms with E-state index < -0.39 is 5.97 Å². The van der Waals surface area contributed by atoms with Crippen molar-refractivity contribution in [2.45, 2.75) is 13.5 Å². The zero-order valence-corrected chi connectivity index (χ0v) is 15.6. The highest BCUT2D eigenvalue weighted by atomic mass is 16.5. The number of ether oxygens (including phenoxy) is 3. The number of nitrogens with zero attached hydrogens (tertiary/aromatic N) is 1. The van der Waals surface area contributed by atoms with E-state index in [2.05, 4.69) is 4.98 Å². The summed E-state index contributed by atoms with van der Waals surface area (Å²) in [6, 6.07) is 15.3. The second-order valence-corrected chi connectivity index (χ2v) is 5.98. The molecule has 0 saturated heterocycles. The molecule has 1 aromatic heterocycles. The van der Waals surface area contributed by atoms with Crippen LogP contribution in [0.3, 0.4) is 0 Å². The highest BCUT2D eigenvalue weighted by Gasteiger charge is 2.17. The Balaban J connectivity index is 1.93. The SMILES string of the molecule is CO/C=C(/C(=O)OC)c1ccccc1COc1ccnc2c(C)cccc12. The van der Waals surface area contributed by atoms with Gasteiger partial charge in [0, 0.05) is 11.6 Å². The number of esters is 1. The lowest BCUT2D eigenvalue weighted by molar-refractivity contribution is -0.133. The van der Waals surface area contributed by atoms with Gasteiger partial charge in [0.05, 0.1) is 26.0 Å². The van der Waals surface area contributed by atoms with Gasteiger partial charge in [0.1, 0.15) is 17.9 Å². The van der Waals surface area contributed by atoms with E-state index in [-0.39, 0.29) is 0 Å². The van der Waals surface area contributed by atoms with E-state index in [0.29, 0.717) is 17.7 Å². The summed E-state index contributed by atoms with van der Waals surface area (Å²) < 4.78 is 16.0. The summed E-state index contributed by atoms with van der Waals surface area (Å²) in [5.41, 5.74) is 3.91. The topological polar surface area (TPSA) is 57.7 Å². The number of hydrogen-bond acceptors (Lipinski definition) is 5. The van der Waals surface area contributed by atoms with E-state index in [9.17, 15) is 4.79 Å². The van der Waals surface area contributed by atoms with Gasteiger partial charge >= 0.3 is 5.97 Å². The first-order valence-electron chi connectivity index (χ1n) is 8.52. The molecule has 27 heavy (non-hydrogen) atoms. The lowest BCUT2D eigenvalue weighted by Crippen LogP contribution is -2.08. The minimum atomic E-state index is -0.464. The quantitative estimate of drug-likeness (QED) is 0.372. The fourth-order valence-corrected chi connectivity index (χ4v) is 2.94. The van der Waals surface area contributed by atoms with Crippen molar-refractivity contribution in [3.8, 4) is 5.75 Å². The molecule has 0 saturated carbocycles. The van der Waals surface area contributed by atoms with Gasteiger partial charge in [-0.3, -0.25) is 4.98 Å². The molecule has 0 atom stereocenters. The zero-order valence-electron chi connectivity index (χ0n) is 15.6. The van der Waals surface area contributed by atoms with Crippen LogP contribution in [0.5, 0.6) is 5.75 Å². The molecule has 0 bridgehead atoms. The van der Waals surface area contributed by atoms with Crippen LogP contribution in [0, 0.1) is 6.92 Å². The monoisotopic (exact) mass is 363 g/mol. The largest absolute Gasteiger partial charge is 0.503 e. The third-order valence-electron chi connectivity index (χ3n) is 4.26. The standard InChI is InChI=1S/C22H21NO4/c1-15-7-6-10-18-20(11-12-23-21(15)18)27-13-16-8-4-5-9-17(16)19(14-25-2)22(24)26-3/h4-12,14H,13H2,1-3H3/b19-14+. The van der Waals surface area contributed by atoms with Crippen LogP contribution in [0.25, 0.3) is 16.5 Å². The molecule has 0 aliphatic rings. The van der Waals surface area contributed by atoms with E-state index in [4.69, 9.17) is 14.2 Å². The molecule has 0 radical (unpaired) electrons. The van der Waals surface area contributed by atoms with Crippen molar-refractivity contribution < 1.29 is 19.0 Å². The van der Waals surface area contributed by atoms with Gasteiger partial charge < -0.3 is 14.2 Å². The summed E-state index contributed by atoms with van der Waals surface area (Å²) in [5.74, 6) is 0.281. The van der Waals surface area contributed by atoms with Gasteiger partial charge in [-0.2, -0.15) is 0 Å². The van der Waals surface area contributed by atoms with E-state index in [0.717, 1.165) is 27.8 Å². The third-order valence-corrected chi connectivity index (χ3v) is 4.26. The fourth-order valence-electron chi connectivity index (χ4n) is 2.94. The Morgan fingerprint density at radius 2 is 1.89 bits per heavy atom. The van der Waals surface area contributed by atoms with E-state index in [1.54, 1.807) is 6.20 Å². The van der Waals surface area contributed by atoms with Crippen LogP contribution < -0.4 is 4.74 Å². The van der Waals surface area contributed by atoms with Crippen LogP contribution in [0.1, 0.15) is 16.7 Å². The van der Waals surface area contributed by atoms with Crippen molar-refractivity contribution in [1.29, 1.82) is 0 Å². The number of hydrogen-bond donors (Lipinski definition) is 0. The average Bonchev–Trinajstić information content (AvgIpc) is 2.70. The molecule has 138 valence electrons. The molecule has 0 spiro atoms. The first kappa shape index (κ1) is 18.5. The zero-order chi connectivity index (χ0) is 19.2. The third kappa shape index (κ3) is 3.92. The molecule has 0 unspecified atom stereocenters.